The molecule has 2 aromatic heterocycles. The summed E-state index contributed by atoms with van der Waals surface area (Å²) >= 11 is 0. The number of carbonyl (C=O) groups is 1. The third-order valence-electron chi connectivity index (χ3n) is 4.46. The molecule has 0 spiro atoms. The van der Waals surface area contributed by atoms with Crippen LogP contribution in [0.5, 0.6) is 11.5 Å². The number of carbonyl (C=O) groups excluding carboxylic acids is 1. The third-order valence-corrected chi connectivity index (χ3v) is 4.46. The molecule has 0 fully saturated rings. The van der Waals surface area contributed by atoms with Crippen LogP contribution in [-0.2, 0) is 17.9 Å². The molecule has 0 aliphatic carbocycles. The average molecular weight is 392 g/mol. The molecule has 2 N–H and O–H groups in total. The van der Waals surface area contributed by atoms with Crippen LogP contribution in [0.25, 0.3) is 0 Å². The Balaban J connectivity index is 1.81. The van der Waals surface area contributed by atoms with Crippen LogP contribution in [0.4, 0.5) is 0 Å². The first-order valence-electron chi connectivity index (χ1n) is 9.22. The van der Waals surface area contributed by atoms with Crippen molar-refractivity contribution < 1.29 is 14.3 Å². The average Bonchev–Trinajstić information content (AvgIpc) is 2.79. The van der Waals surface area contributed by atoms with E-state index >= 15 is 0 Å². The van der Waals surface area contributed by atoms with Crippen LogP contribution in [0.1, 0.15) is 22.7 Å². The maximum absolute atomic E-state index is 13.1. The molecule has 0 saturated carbocycles. The van der Waals surface area contributed by atoms with Crippen LogP contribution in [-0.4, -0.2) is 30.1 Å². The van der Waals surface area contributed by atoms with Crippen molar-refractivity contribution in [2.45, 2.75) is 19.1 Å². The van der Waals surface area contributed by atoms with Gasteiger partial charge in [0, 0.05) is 49.5 Å². The SMILES string of the molecule is COc1ccc(C(NCc2ccncc2)C(=O)NCc2cccnc2)c(OC)c1. The van der Waals surface area contributed by atoms with Gasteiger partial charge in [-0.05, 0) is 41.5 Å². The first-order valence-corrected chi connectivity index (χ1v) is 9.22. The van der Waals surface area contributed by atoms with Crippen molar-refractivity contribution in [1.29, 1.82) is 0 Å². The summed E-state index contributed by atoms with van der Waals surface area (Å²) in [4.78, 5) is 21.2. The highest BCUT2D eigenvalue weighted by Crippen LogP contribution is 2.30. The molecule has 3 rings (SSSR count). The number of methoxy groups -OCH3 is 2. The number of hydrogen-bond acceptors (Lipinski definition) is 6. The molecule has 3 aromatic rings. The number of amides is 1. The number of benzene rings is 1. The number of pyridine rings is 2. The Hall–Kier alpha value is -3.45. The molecule has 1 unspecified atom stereocenters. The first-order chi connectivity index (χ1) is 14.2. The van der Waals surface area contributed by atoms with Gasteiger partial charge in [0.2, 0.25) is 5.91 Å². The van der Waals surface area contributed by atoms with Gasteiger partial charge >= 0.3 is 0 Å². The van der Waals surface area contributed by atoms with Crippen LogP contribution in [0.15, 0.2) is 67.3 Å². The highest BCUT2D eigenvalue weighted by molar-refractivity contribution is 5.84. The largest absolute Gasteiger partial charge is 0.497 e. The monoisotopic (exact) mass is 392 g/mol. The molecule has 1 atom stereocenters. The lowest BCUT2D eigenvalue weighted by molar-refractivity contribution is -0.123. The molecule has 7 nitrogen and oxygen atoms in total. The van der Waals surface area contributed by atoms with Gasteiger partial charge in [0.25, 0.3) is 0 Å². The smallest absolute Gasteiger partial charge is 0.242 e. The van der Waals surface area contributed by atoms with Crippen molar-refractivity contribution in [3.8, 4) is 11.5 Å². The number of nitrogens with zero attached hydrogens (tertiary/aromatic N) is 2. The summed E-state index contributed by atoms with van der Waals surface area (Å²) in [6.07, 6.45) is 6.88. The summed E-state index contributed by atoms with van der Waals surface area (Å²) in [5, 5.41) is 6.30. The minimum absolute atomic E-state index is 0.161. The maximum Gasteiger partial charge on any atom is 0.242 e. The van der Waals surface area contributed by atoms with Crippen LogP contribution in [0.2, 0.25) is 0 Å². The van der Waals surface area contributed by atoms with E-state index in [0.29, 0.717) is 24.6 Å². The molecular formula is C22H24N4O3. The lowest BCUT2D eigenvalue weighted by Gasteiger charge is -2.21. The zero-order chi connectivity index (χ0) is 20.5. The molecule has 29 heavy (non-hydrogen) atoms. The number of rotatable bonds is 9. The van der Waals surface area contributed by atoms with Crippen molar-refractivity contribution in [2.75, 3.05) is 14.2 Å². The van der Waals surface area contributed by atoms with Crippen molar-refractivity contribution in [3.63, 3.8) is 0 Å². The third kappa shape index (κ3) is 5.52. The molecule has 1 amide bonds. The summed E-state index contributed by atoms with van der Waals surface area (Å²) in [6.45, 7) is 0.890. The second kappa shape index (κ2) is 10.2. The molecule has 0 aliphatic rings. The minimum atomic E-state index is -0.610. The molecule has 0 saturated heterocycles. The predicted molar refractivity (Wildman–Crippen MR) is 109 cm³/mol. The summed E-state index contributed by atoms with van der Waals surface area (Å²) < 4.78 is 10.8. The first kappa shape index (κ1) is 20.3. The molecule has 1 aromatic carbocycles. The van der Waals surface area contributed by atoms with Crippen LogP contribution < -0.4 is 20.1 Å². The van der Waals surface area contributed by atoms with Gasteiger partial charge in [-0.15, -0.1) is 0 Å². The van der Waals surface area contributed by atoms with Crippen LogP contribution in [0.3, 0.4) is 0 Å². The van der Waals surface area contributed by atoms with E-state index in [0.717, 1.165) is 16.7 Å². The van der Waals surface area contributed by atoms with E-state index < -0.39 is 6.04 Å². The highest BCUT2D eigenvalue weighted by atomic mass is 16.5. The van der Waals surface area contributed by atoms with Gasteiger partial charge in [-0.1, -0.05) is 6.07 Å². The zero-order valence-electron chi connectivity index (χ0n) is 16.5. The predicted octanol–water partition coefficient (Wildman–Crippen LogP) is 2.64. The minimum Gasteiger partial charge on any atom is -0.497 e. The van der Waals surface area contributed by atoms with Gasteiger partial charge in [0.05, 0.1) is 14.2 Å². The lowest BCUT2D eigenvalue weighted by atomic mass is 10.0. The molecule has 7 heteroatoms. The summed E-state index contributed by atoms with van der Waals surface area (Å²) in [5.41, 5.74) is 2.68. The lowest BCUT2D eigenvalue weighted by Crippen LogP contribution is -2.37. The Morgan fingerprint density at radius 1 is 0.966 bits per heavy atom. The van der Waals surface area contributed by atoms with Crippen molar-refractivity contribution in [2.24, 2.45) is 0 Å². The second-order valence-electron chi connectivity index (χ2n) is 6.36. The molecular weight excluding hydrogens is 368 g/mol. The second-order valence-corrected chi connectivity index (χ2v) is 6.36. The molecule has 150 valence electrons. The van der Waals surface area contributed by atoms with Crippen molar-refractivity contribution in [3.05, 3.63) is 83.9 Å². The molecule has 0 radical (unpaired) electrons. The van der Waals surface area contributed by atoms with E-state index in [2.05, 4.69) is 20.6 Å². The standard InChI is InChI=1S/C22H24N4O3/c1-28-18-5-6-19(20(12-18)29-2)21(25-14-16-7-10-23-11-8-16)22(27)26-15-17-4-3-9-24-13-17/h3-13,21,25H,14-15H2,1-2H3,(H,26,27). The summed E-state index contributed by atoms with van der Waals surface area (Å²) in [7, 11) is 3.17. The van der Waals surface area contributed by atoms with E-state index in [9.17, 15) is 4.79 Å². The topological polar surface area (TPSA) is 85.4 Å². The van der Waals surface area contributed by atoms with Gasteiger partial charge < -0.3 is 14.8 Å². The summed E-state index contributed by atoms with van der Waals surface area (Å²) in [5.74, 6) is 1.08. The Morgan fingerprint density at radius 2 is 1.79 bits per heavy atom. The van der Waals surface area contributed by atoms with Gasteiger partial charge in [-0.3, -0.25) is 20.1 Å². The number of aromatic nitrogens is 2. The fourth-order valence-corrected chi connectivity index (χ4v) is 2.92. The van der Waals surface area contributed by atoms with E-state index in [-0.39, 0.29) is 5.91 Å². The Bertz CT molecular complexity index is 920. The van der Waals surface area contributed by atoms with Crippen LogP contribution in [0, 0.1) is 0 Å². The Labute approximate surface area is 170 Å². The number of hydrogen-bond donors (Lipinski definition) is 2. The van der Waals surface area contributed by atoms with Crippen LogP contribution >= 0.6 is 0 Å². The van der Waals surface area contributed by atoms with E-state index in [1.165, 1.54) is 0 Å². The van der Waals surface area contributed by atoms with E-state index in [4.69, 9.17) is 9.47 Å². The highest BCUT2D eigenvalue weighted by Gasteiger charge is 2.24. The number of nitrogens with one attached hydrogen (secondary N) is 2. The van der Waals surface area contributed by atoms with E-state index in [1.54, 1.807) is 45.1 Å². The van der Waals surface area contributed by atoms with Gasteiger partial charge in [0.15, 0.2) is 0 Å². The fraction of sp³-hybridized carbons (Fsp3) is 0.227. The van der Waals surface area contributed by atoms with Gasteiger partial charge in [-0.2, -0.15) is 0 Å². The summed E-state index contributed by atoms with van der Waals surface area (Å²) in [6, 6.07) is 12.4. The van der Waals surface area contributed by atoms with Crippen molar-refractivity contribution >= 4 is 5.91 Å². The van der Waals surface area contributed by atoms with Gasteiger partial charge in [-0.25, -0.2) is 0 Å². The zero-order valence-corrected chi connectivity index (χ0v) is 16.5. The quantitative estimate of drug-likeness (QED) is 0.582. The molecule has 0 bridgehead atoms. The van der Waals surface area contributed by atoms with Gasteiger partial charge in [0.1, 0.15) is 17.5 Å². The molecule has 0 aliphatic heterocycles. The van der Waals surface area contributed by atoms with E-state index in [1.807, 2.05) is 36.4 Å². The Kier molecular flexibility index (Phi) is 7.13. The fourth-order valence-electron chi connectivity index (χ4n) is 2.92. The number of ether oxygens (including phenoxy) is 2. The maximum atomic E-state index is 13.1. The molecule has 2 heterocycles. The van der Waals surface area contributed by atoms with Crippen molar-refractivity contribution in [1.82, 2.24) is 20.6 Å². The normalized spacial score (nSPS) is 11.5. The Morgan fingerprint density at radius 3 is 2.48 bits per heavy atom.